The van der Waals surface area contributed by atoms with E-state index in [1.54, 1.807) is 5.56 Å². The summed E-state index contributed by atoms with van der Waals surface area (Å²) in [6.45, 7) is 5.43. The molecule has 0 radical (unpaired) electrons. The number of piperidine rings is 1. The van der Waals surface area contributed by atoms with E-state index in [-0.39, 0.29) is 0 Å². The molecule has 4 saturated carbocycles. The predicted octanol–water partition coefficient (Wildman–Crippen LogP) is 7.24. The zero-order valence-electron chi connectivity index (χ0n) is 22.3. The van der Waals surface area contributed by atoms with Crippen molar-refractivity contribution in [3.8, 4) is 0 Å². The van der Waals surface area contributed by atoms with E-state index in [4.69, 9.17) is 0 Å². The number of hydrogen-bond donors (Lipinski definition) is 0. The van der Waals surface area contributed by atoms with Gasteiger partial charge in [-0.25, -0.2) is 0 Å². The molecule has 1 aromatic carbocycles. The highest BCUT2D eigenvalue weighted by molar-refractivity contribution is 5.25. The first-order valence-corrected chi connectivity index (χ1v) is 15.7. The Morgan fingerprint density at radius 1 is 0.600 bits per heavy atom. The molecule has 3 aliphatic heterocycles. The monoisotopic (exact) mass is 472 g/mol. The fourth-order valence-corrected chi connectivity index (χ4v) is 12.1. The summed E-state index contributed by atoms with van der Waals surface area (Å²) in [6.07, 6.45) is 19.4. The van der Waals surface area contributed by atoms with Crippen LogP contribution in [-0.2, 0) is 0 Å². The van der Waals surface area contributed by atoms with Crippen LogP contribution in [-0.4, -0.2) is 46.1 Å². The zero-order chi connectivity index (χ0) is 23.3. The van der Waals surface area contributed by atoms with Crippen LogP contribution in [0.2, 0.25) is 0 Å². The van der Waals surface area contributed by atoms with Gasteiger partial charge in [0.15, 0.2) is 0 Å². The number of rotatable bonds is 1. The quantitative estimate of drug-likeness (QED) is 0.425. The van der Waals surface area contributed by atoms with Crippen LogP contribution >= 0.6 is 0 Å². The van der Waals surface area contributed by atoms with E-state index in [1.807, 2.05) is 0 Å². The van der Waals surface area contributed by atoms with Gasteiger partial charge in [-0.15, -0.1) is 0 Å². The summed E-state index contributed by atoms with van der Waals surface area (Å²) in [4.78, 5) is 6.62. The normalized spacial score (nSPS) is 50.5. The van der Waals surface area contributed by atoms with Gasteiger partial charge in [0.1, 0.15) is 0 Å². The summed E-state index contributed by atoms with van der Waals surface area (Å²) < 4.78 is 0. The fourth-order valence-electron chi connectivity index (χ4n) is 12.1. The molecule has 11 unspecified atom stereocenters. The first-order chi connectivity index (χ1) is 17.1. The van der Waals surface area contributed by atoms with Gasteiger partial charge < -0.3 is 0 Å². The third kappa shape index (κ3) is 3.02. The number of fused-ring (bicyclic) bond motifs is 7. The van der Waals surface area contributed by atoms with E-state index in [2.05, 4.69) is 54.0 Å². The van der Waals surface area contributed by atoms with Gasteiger partial charge in [-0.05, 0) is 98.4 Å². The summed E-state index contributed by atoms with van der Waals surface area (Å²) in [6, 6.07) is 16.9. The van der Waals surface area contributed by atoms with Crippen LogP contribution in [0.3, 0.4) is 0 Å². The van der Waals surface area contributed by atoms with E-state index in [1.165, 1.54) is 83.5 Å². The van der Waals surface area contributed by atoms with Crippen LogP contribution in [0.4, 0.5) is 0 Å². The lowest BCUT2D eigenvalue weighted by Gasteiger charge is -2.70. The lowest BCUT2D eigenvalue weighted by molar-refractivity contribution is -0.208. The molecule has 35 heavy (non-hydrogen) atoms. The minimum absolute atomic E-state index is 0.538. The maximum Gasteiger partial charge on any atom is 0.0291 e. The highest BCUT2D eigenvalue weighted by Gasteiger charge is 2.67. The summed E-state index contributed by atoms with van der Waals surface area (Å²) in [5.41, 5.74) is 2.17. The molecule has 2 nitrogen and oxygen atoms in total. The van der Waals surface area contributed by atoms with E-state index in [0.29, 0.717) is 5.41 Å². The molecular formula is C33H48N2. The van der Waals surface area contributed by atoms with E-state index < -0.39 is 0 Å². The summed E-state index contributed by atoms with van der Waals surface area (Å²) in [5, 5.41) is 0. The first kappa shape index (κ1) is 22.2. The molecule has 0 spiro atoms. The van der Waals surface area contributed by atoms with Crippen LogP contribution in [0.5, 0.6) is 0 Å². The molecule has 8 rings (SSSR count). The van der Waals surface area contributed by atoms with E-state index >= 15 is 0 Å². The van der Waals surface area contributed by atoms with Gasteiger partial charge >= 0.3 is 0 Å². The maximum absolute atomic E-state index is 3.32. The van der Waals surface area contributed by atoms with Gasteiger partial charge in [0, 0.05) is 36.3 Å². The largest absolute Gasteiger partial charge is 0.291 e. The smallest absolute Gasteiger partial charge is 0.0291 e. The minimum atomic E-state index is 0.538. The van der Waals surface area contributed by atoms with Crippen LogP contribution < -0.4 is 0 Å². The maximum atomic E-state index is 3.32. The molecule has 3 heterocycles. The standard InChI is InChI=1S/C33H48N2/c1-33(2)25-13-6-7-15-28(25)35-29-16-8-12-23-24-20-22(21-10-4-3-5-11-21)18-19-27(24)34(31(23)29)30-17-9-14-26(33)32(30)35/h3-5,10-11,22-32H,6-9,12-20H2,1-2H3. The van der Waals surface area contributed by atoms with Crippen LogP contribution in [0, 0.1) is 29.1 Å². The molecule has 1 aromatic rings. The lowest BCUT2D eigenvalue weighted by atomic mass is 9.52. The number of piperazine rings is 1. The van der Waals surface area contributed by atoms with Gasteiger partial charge in [0.05, 0.1) is 0 Å². The van der Waals surface area contributed by atoms with Crippen molar-refractivity contribution >= 4 is 0 Å². The van der Waals surface area contributed by atoms with E-state index in [0.717, 1.165) is 65.8 Å². The summed E-state index contributed by atoms with van der Waals surface area (Å²) in [7, 11) is 0. The van der Waals surface area contributed by atoms with Gasteiger partial charge in [-0.3, -0.25) is 9.80 Å². The lowest BCUT2D eigenvalue weighted by Crippen LogP contribution is -2.78. The second-order valence-corrected chi connectivity index (χ2v) is 14.6. The molecule has 0 aromatic heterocycles. The zero-order valence-corrected chi connectivity index (χ0v) is 22.3. The van der Waals surface area contributed by atoms with E-state index in [9.17, 15) is 0 Å². The average molecular weight is 473 g/mol. The van der Waals surface area contributed by atoms with Crippen molar-refractivity contribution in [1.82, 2.24) is 9.80 Å². The van der Waals surface area contributed by atoms with Crippen LogP contribution in [0.15, 0.2) is 30.3 Å². The van der Waals surface area contributed by atoms with Crippen molar-refractivity contribution < 1.29 is 0 Å². The molecule has 7 aliphatic rings. The van der Waals surface area contributed by atoms with Gasteiger partial charge in [-0.1, -0.05) is 69.9 Å². The van der Waals surface area contributed by atoms with Gasteiger partial charge in [0.25, 0.3) is 0 Å². The molecule has 0 amide bonds. The number of nitrogens with zero attached hydrogens (tertiary/aromatic N) is 2. The second kappa shape index (κ2) is 8.07. The first-order valence-electron chi connectivity index (χ1n) is 15.7. The fraction of sp³-hybridized carbons (Fsp3) is 0.818. The predicted molar refractivity (Wildman–Crippen MR) is 143 cm³/mol. The molecule has 3 saturated heterocycles. The average Bonchev–Trinajstić information content (AvgIpc) is 3.24. The molecule has 190 valence electrons. The number of benzene rings is 1. The Hall–Kier alpha value is -0.860. The van der Waals surface area contributed by atoms with Crippen molar-refractivity contribution in [3.05, 3.63) is 35.9 Å². The Morgan fingerprint density at radius 3 is 2.14 bits per heavy atom. The second-order valence-electron chi connectivity index (χ2n) is 14.6. The molecule has 4 aliphatic carbocycles. The minimum Gasteiger partial charge on any atom is -0.291 e. The Labute approximate surface area is 214 Å². The Kier molecular flexibility index (Phi) is 5.11. The topological polar surface area (TPSA) is 6.48 Å². The Balaban J connectivity index is 1.19. The highest BCUT2D eigenvalue weighted by Crippen LogP contribution is 2.63. The molecule has 2 heteroatoms. The van der Waals surface area contributed by atoms with Crippen LogP contribution in [0.25, 0.3) is 0 Å². The van der Waals surface area contributed by atoms with Crippen LogP contribution in [0.1, 0.15) is 109 Å². The summed E-state index contributed by atoms with van der Waals surface area (Å²) in [5.74, 6) is 4.63. The Bertz CT molecular complexity index is 940. The molecular weight excluding hydrogens is 424 g/mol. The van der Waals surface area contributed by atoms with Gasteiger partial charge in [-0.2, -0.15) is 0 Å². The SMILES string of the molecule is CC1(C)C2CCCCC2N2C3CCCC4C5CC(c6ccccc6)CCC5N(C5CCCC1C52)C43. The highest BCUT2D eigenvalue weighted by atomic mass is 15.4. The van der Waals surface area contributed by atoms with Crippen molar-refractivity contribution in [1.29, 1.82) is 0 Å². The molecule has 0 N–H and O–H groups in total. The van der Waals surface area contributed by atoms with Crippen molar-refractivity contribution in [3.63, 3.8) is 0 Å². The molecule has 11 atom stereocenters. The third-order valence-corrected chi connectivity index (χ3v) is 13.2. The van der Waals surface area contributed by atoms with Crippen molar-refractivity contribution in [2.24, 2.45) is 29.1 Å². The van der Waals surface area contributed by atoms with Gasteiger partial charge in [0.2, 0.25) is 0 Å². The molecule has 7 fully saturated rings. The number of hydrogen-bond acceptors (Lipinski definition) is 2. The summed E-state index contributed by atoms with van der Waals surface area (Å²) >= 11 is 0. The van der Waals surface area contributed by atoms with Crippen molar-refractivity contribution in [2.75, 3.05) is 0 Å². The molecule has 0 bridgehead atoms. The Morgan fingerprint density at radius 2 is 1.29 bits per heavy atom. The third-order valence-electron chi connectivity index (χ3n) is 13.2. The van der Waals surface area contributed by atoms with Crippen molar-refractivity contribution in [2.45, 2.75) is 139 Å².